The lowest BCUT2D eigenvalue weighted by atomic mass is 9.72. The number of benzene rings is 1. The van der Waals surface area contributed by atoms with Gasteiger partial charge in [0.1, 0.15) is 23.7 Å². The Morgan fingerprint density at radius 1 is 1.03 bits per heavy atom. The summed E-state index contributed by atoms with van der Waals surface area (Å²) in [7, 11) is 0. The van der Waals surface area contributed by atoms with Crippen LogP contribution < -0.4 is 4.74 Å². The number of hydrogen-bond acceptors (Lipinski definition) is 4. The quantitative estimate of drug-likeness (QED) is 0.461. The van der Waals surface area contributed by atoms with Crippen LogP contribution in [0.5, 0.6) is 5.75 Å². The Balaban J connectivity index is 1.33. The van der Waals surface area contributed by atoms with Gasteiger partial charge in [0, 0.05) is 31.5 Å². The molecule has 7 nitrogen and oxygen atoms in total. The fourth-order valence-corrected chi connectivity index (χ4v) is 5.89. The molecule has 2 aromatic heterocycles. The number of nitrogens with zero attached hydrogens (tertiary/aromatic N) is 4. The average Bonchev–Trinajstić information content (AvgIpc) is 3.32. The van der Waals surface area contributed by atoms with Gasteiger partial charge < -0.3 is 18.9 Å². The van der Waals surface area contributed by atoms with Crippen LogP contribution >= 0.6 is 11.6 Å². The van der Waals surface area contributed by atoms with Crippen molar-refractivity contribution in [3.63, 3.8) is 0 Å². The highest BCUT2D eigenvalue weighted by atomic mass is 35.5. The van der Waals surface area contributed by atoms with E-state index in [9.17, 15) is 9.59 Å². The average molecular weight is 523 g/mol. The molecule has 1 fully saturated rings. The predicted octanol–water partition coefficient (Wildman–Crippen LogP) is 5.25. The van der Waals surface area contributed by atoms with Crippen molar-refractivity contribution in [2.45, 2.75) is 58.4 Å². The molecule has 2 amide bonds. The van der Waals surface area contributed by atoms with E-state index in [1.54, 1.807) is 28.9 Å². The normalized spacial score (nSPS) is 18.9. The minimum Gasteiger partial charge on any atom is -0.491 e. The molecular formula is C29H35ClN4O3. The van der Waals surface area contributed by atoms with Crippen molar-refractivity contribution in [2.24, 2.45) is 5.41 Å². The first kappa shape index (κ1) is 25.6. The van der Waals surface area contributed by atoms with Gasteiger partial charge >= 0.3 is 0 Å². The van der Waals surface area contributed by atoms with Gasteiger partial charge in [-0.3, -0.25) is 9.59 Å². The number of pyridine rings is 1. The maximum Gasteiger partial charge on any atom is 0.274 e. The zero-order chi connectivity index (χ0) is 26.0. The fraction of sp³-hybridized carbons (Fsp3) is 0.483. The molecule has 0 atom stereocenters. The summed E-state index contributed by atoms with van der Waals surface area (Å²) in [5, 5.41) is 0.591. The number of amides is 2. The Kier molecular flexibility index (Phi) is 7.43. The molecule has 37 heavy (non-hydrogen) atoms. The van der Waals surface area contributed by atoms with Crippen LogP contribution in [0.3, 0.4) is 0 Å². The number of ether oxygens (including phenoxy) is 1. The number of fused-ring (bicyclic) bond motifs is 2. The smallest absolute Gasteiger partial charge is 0.274 e. The molecule has 3 aromatic rings. The molecule has 0 bridgehead atoms. The second-order valence-electron chi connectivity index (χ2n) is 10.6. The Labute approximate surface area is 223 Å². The van der Waals surface area contributed by atoms with E-state index in [0.29, 0.717) is 55.4 Å². The summed E-state index contributed by atoms with van der Waals surface area (Å²) in [6, 6.07) is 11.9. The third-order valence-electron chi connectivity index (χ3n) is 7.89. The highest BCUT2D eigenvalue weighted by molar-refractivity contribution is 6.30. The minimum atomic E-state index is -0.452. The summed E-state index contributed by atoms with van der Waals surface area (Å²) in [5.74, 6) is 1.03. The second-order valence-corrected chi connectivity index (χ2v) is 11.0. The third kappa shape index (κ3) is 5.33. The van der Waals surface area contributed by atoms with Crippen molar-refractivity contribution in [2.75, 3.05) is 26.2 Å². The van der Waals surface area contributed by atoms with Crippen LogP contribution in [0.15, 0.2) is 48.8 Å². The number of imidazole rings is 1. The van der Waals surface area contributed by atoms with E-state index in [2.05, 4.69) is 31.0 Å². The zero-order valence-corrected chi connectivity index (χ0v) is 22.4. The number of likely N-dealkylation sites (tertiary alicyclic amines) is 1. The molecule has 1 aromatic carbocycles. The van der Waals surface area contributed by atoms with Crippen LogP contribution in [-0.4, -0.2) is 63.3 Å². The van der Waals surface area contributed by atoms with Gasteiger partial charge in [-0.05, 0) is 69.7 Å². The number of carbonyl (C=O) groups is 2. The van der Waals surface area contributed by atoms with E-state index in [4.69, 9.17) is 16.3 Å². The lowest BCUT2D eigenvalue weighted by Gasteiger charge is -2.44. The summed E-state index contributed by atoms with van der Waals surface area (Å²) in [6.07, 6.45) is 8.56. The predicted molar refractivity (Wildman–Crippen MR) is 144 cm³/mol. The largest absolute Gasteiger partial charge is 0.491 e. The maximum atomic E-state index is 14.1. The molecule has 2 aliphatic rings. The van der Waals surface area contributed by atoms with E-state index in [1.807, 2.05) is 21.9 Å². The number of hydrogen-bond donors (Lipinski definition) is 0. The van der Waals surface area contributed by atoms with E-state index in [-0.39, 0.29) is 17.9 Å². The van der Waals surface area contributed by atoms with E-state index >= 15 is 0 Å². The van der Waals surface area contributed by atoms with Crippen LogP contribution in [0, 0.1) is 5.41 Å². The molecule has 0 radical (unpaired) electrons. The Morgan fingerprint density at radius 3 is 2.59 bits per heavy atom. The van der Waals surface area contributed by atoms with Crippen LogP contribution in [0.1, 0.15) is 62.0 Å². The first-order valence-corrected chi connectivity index (χ1v) is 13.7. The van der Waals surface area contributed by atoms with Crippen LogP contribution in [0.4, 0.5) is 0 Å². The standard InChI is InChI=1S/C29H35ClN4O3/c1-21(2)34-17-18-37-25-9-4-3-7-22(25)8-5-6-12-29(28(34)36)13-15-32(16-14-29)27(35)24-20-33-19-23(30)10-11-26(33)31-24/h3-4,7,9-11,19-21H,5-6,8,12-18H2,1-2H3. The van der Waals surface area contributed by atoms with Gasteiger partial charge in [-0.25, -0.2) is 4.98 Å². The van der Waals surface area contributed by atoms with Gasteiger partial charge in [-0.2, -0.15) is 0 Å². The van der Waals surface area contributed by atoms with Crippen molar-refractivity contribution < 1.29 is 14.3 Å². The van der Waals surface area contributed by atoms with Crippen molar-refractivity contribution >= 4 is 29.1 Å². The molecule has 0 N–H and O–H groups in total. The fourth-order valence-electron chi connectivity index (χ4n) is 5.72. The SMILES string of the molecule is CC(C)N1CCOc2ccccc2CCCCC2(CCN(C(=O)c3cn4cc(Cl)ccc4n3)CC2)C1=O. The van der Waals surface area contributed by atoms with Crippen molar-refractivity contribution in [1.82, 2.24) is 19.2 Å². The number of rotatable bonds is 2. The highest BCUT2D eigenvalue weighted by Crippen LogP contribution is 2.40. The van der Waals surface area contributed by atoms with Crippen LogP contribution in [-0.2, 0) is 11.2 Å². The summed E-state index contributed by atoms with van der Waals surface area (Å²) >= 11 is 6.09. The van der Waals surface area contributed by atoms with Gasteiger partial charge in [-0.15, -0.1) is 0 Å². The number of aromatic nitrogens is 2. The van der Waals surface area contributed by atoms with Gasteiger partial charge in [-0.1, -0.05) is 36.2 Å². The first-order chi connectivity index (χ1) is 17.9. The van der Waals surface area contributed by atoms with Crippen molar-refractivity contribution in [3.05, 3.63) is 65.1 Å². The van der Waals surface area contributed by atoms with E-state index < -0.39 is 5.41 Å². The number of carbonyl (C=O) groups excluding carboxylic acids is 2. The van der Waals surface area contributed by atoms with Crippen molar-refractivity contribution in [1.29, 1.82) is 0 Å². The monoisotopic (exact) mass is 522 g/mol. The van der Waals surface area contributed by atoms with E-state index in [1.165, 1.54) is 5.56 Å². The Morgan fingerprint density at radius 2 is 1.81 bits per heavy atom. The summed E-state index contributed by atoms with van der Waals surface area (Å²) < 4.78 is 7.91. The van der Waals surface area contributed by atoms with Crippen LogP contribution in [0.2, 0.25) is 5.02 Å². The first-order valence-electron chi connectivity index (χ1n) is 13.3. The molecule has 0 aliphatic carbocycles. The van der Waals surface area contributed by atoms with Gasteiger partial charge in [0.2, 0.25) is 5.91 Å². The van der Waals surface area contributed by atoms with Crippen LogP contribution in [0.25, 0.3) is 5.65 Å². The van der Waals surface area contributed by atoms with Gasteiger partial charge in [0.25, 0.3) is 5.91 Å². The Hall–Kier alpha value is -3.06. The maximum absolute atomic E-state index is 14.1. The number of halogens is 1. The molecular weight excluding hydrogens is 488 g/mol. The molecule has 5 rings (SSSR count). The second kappa shape index (κ2) is 10.7. The molecule has 0 unspecified atom stereocenters. The molecule has 196 valence electrons. The number of para-hydroxylation sites is 1. The molecule has 8 heteroatoms. The molecule has 0 saturated carbocycles. The molecule has 1 spiro atoms. The lowest BCUT2D eigenvalue weighted by molar-refractivity contribution is -0.148. The molecule has 1 saturated heterocycles. The third-order valence-corrected chi connectivity index (χ3v) is 8.12. The number of piperidine rings is 1. The van der Waals surface area contributed by atoms with Crippen molar-refractivity contribution in [3.8, 4) is 5.75 Å². The van der Waals surface area contributed by atoms with Gasteiger partial charge in [0.05, 0.1) is 17.0 Å². The Bertz CT molecular complexity index is 1280. The summed E-state index contributed by atoms with van der Waals surface area (Å²) in [6.45, 7) is 6.26. The number of aryl methyl sites for hydroxylation is 1. The lowest BCUT2D eigenvalue weighted by Crippen LogP contribution is -2.53. The molecule has 4 heterocycles. The minimum absolute atomic E-state index is 0.0793. The highest BCUT2D eigenvalue weighted by Gasteiger charge is 2.44. The zero-order valence-electron chi connectivity index (χ0n) is 21.7. The van der Waals surface area contributed by atoms with Gasteiger partial charge in [0.15, 0.2) is 0 Å². The molecule has 2 aliphatic heterocycles. The summed E-state index contributed by atoms with van der Waals surface area (Å²) in [4.78, 5) is 35.7. The summed E-state index contributed by atoms with van der Waals surface area (Å²) in [5.41, 5.74) is 1.87. The topological polar surface area (TPSA) is 67.2 Å². The van der Waals surface area contributed by atoms with E-state index in [0.717, 1.165) is 31.4 Å².